The summed E-state index contributed by atoms with van der Waals surface area (Å²) in [6.07, 6.45) is 10.7. The molecular formula is C38H49FN8O3. The fraction of sp³-hybridized carbons (Fsp3) is 0.553. The number of amides is 2. The third kappa shape index (κ3) is 6.21. The average molecular weight is 687 g/mol. The highest BCUT2D eigenvalue weighted by molar-refractivity contribution is 6.00. The van der Waals surface area contributed by atoms with E-state index in [4.69, 9.17) is 13.2 Å². The van der Waals surface area contributed by atoms with E-state index in [-0.39, 0.29) is 30.0 Å². The van der Waals surface area contributed by atoms with Crippen molar-refractivity contribution in [1.29, 1.82) is 0 Å². The number of carbonyl (C=O) groups excluding carboxylic acids is 2. The van der Waals surface area contributed by atoms with E-state index in [2.05, 4.69) is 31.2 Å². The van der Waals surface area contributed by atoms with Gasteiger partial charge in [0.1, 0.15) is 11.6 Å². The maximum atomic E-state index is 15.9. The number of piperidine rings is 4. The molecule has 3 unspecified atom stereocenters. The lowest BCUT2D eigenvalue weighted by Crippen LogP contribution is -2.53. The number of aromatic nitrogens is 2. The lowest BCUT2D eigenvalue weighted by atomic mass is 9.72. The first kappa shape index (κ1) is 30.6. The number of carbonyl (C=O) groups is 2. The molecule has 1 spiro atoms. The van der Waals surface area contributed by atoms with Gasteiger partial charge < -0.3 is 25.2 Å². The van der Waals surface area contributed by atoms with Crippen LogP contribution in [0.5, 0.6) is 5.75 Å². The number of aryl methyl sites for hydroxylation is 1. The van der Waals surface area contributed by atoms with Crippen molar-refractivity contribution < 1.29 is 21.5 Å². The van der Waals surface area contributed by atoms with Gasteiger partial charge in [0, 0.05) is 90.5 Å². The van der Waals surface area contributed by atoms with Crippen LogP contribution >= 0.6 is 0 Å². The van der Waals surface area contributed by atoms with Crippen LogP contribution in [0, 0.1) is 11.2 Å². The number of likely N-dealkylation sites (tertiary alicyclic amines) is 1. The fourth-order valence-electron chi connectivity index (χ4n) is 9.04. The van der Waals surface area contributed by atoms with Crippen LogP contribution in [-0.2, 0) is 29.7 Å². The summed E-state index contributed by atoms with van der Waals surface area (Å²) in [6.45, 7) is 3.44. The van der Waals surface area contributed by atoms with Gasteiger partial charge >= 0.3 is 0 Å². The number of anilines is 3. The van der Waals surface area contributed by atoms with Gasteiger partial charge in [0.25, 0.3) is 0 Å². The lowest BCUT2D eigenvalue weighted by molar-refractivity contribution is -0.137. The quantitative estimate of drug-likeness (QED) is 0.290. The number of hydrogen-bond donors (Lipinski definition) is 2. The molecule has 6 heterocycles. The first-order valence-electron chi connectivity index (χ1n) is 19.2. The first-order chi connectivity index (χ1) is 25.0. The molecule has 2 amide bonds. The molecule has 0 aliphatic carbocycles. The Bertz CT molecular complexity index is 1860. The Balaban J connectivity index is 0.913. The summed E-state index contributed by atoms with van der Waals surface area (Å²) >= 11 is 0. The number of benzene rings is 2. The largest absolute Gasteiger partial charge is 0.495 e. The number of rotatable bonds is 6. The van der Waals surface area contributed by atoms with Crippen LogP contribution < -0.4 is 25.6 Å². The number of nitrogens with one attached hydrogen (secondary N) is 1. The Morgan fingerprint density at radius 1 is 0.960 bits per heavy atom. The third-order valence-corrected chi connectivity index (χ3v) is 11.8. The minimum atomic E-state index is -1.04. The predicted octanol–water partition coefficient (Wildman–Crippen LogP) is 4.29. The summed E-state index contributed by atoms with van der Waals surface area (Å²) in [4.78, 5) is 33.2. The molecule has 3 N–H and O–H groups in total. The molecule has 0 radical (unpaired) electrons. The number of methoxy groups -OCH3 is 1. The third-order valence-electron chi connectivity index (χ3n) is 11.8. The molecule has 1 aromatic heterocycles. The van der Waals surface area contributed by atoms with Gasteiger partial charge in [0.2, 0.25) is 11.8 Å². The predicted molar refractivity (Wildman–Crippen MR) is 191 cm³/mol. The van der Waals surface area contributed by atoms with Crippen LogP contribution in [0.3, 0.4) is 0 Å². The molecular weight excluding hydrogens is 635 g/mol. The zero-order valence-electron chi connectivity index (χ0n) is 31.0. The number of halogens is 1. The van der Waals surface area contributed by atoms with Gasteiger partial charge in [-0.3, -0.25) is 24.5 Å². The molecule has 3 aromatic rings. The van der Waals surface area contributed by atoms with Crippen LogP contribution in [-0.4, -0.2) is 89.9 Å². The van der Waals surface area contributed by atoms with Crippen molar-refractivity contribution in [1.82, 2.24) is 24.9 Å². The van der Waals surface area contributed by atoms with E-state index in [0.29, 0.717) is 34.3 Å². The van der Waals surface area contributed by atoms with Crippen molar-refractivity contribution >= 4 is 28.9 Å². The van der Waals surface area contributed by atoms with Crippen LogP contribution in [0.2, 0.25) is 0 Å². The summed E-state index contributed by atoms with van der Waals surface area (Å²) in [5.41, 5.74) is 11.8. The van der Waals surface area contributed by atoms with Crippen LogP contribution in [0.15, 0.2) is 36.7 Å². The number of nitrogens with zero attached hydrogens (tertiary/aromatic N) is 6. The molecule has 0 bridgehead atoms. The summed E-state index contributed by atoms with van der Waals surface area (Å²) < 4.78 is 41.1. The molecule has 3 atom stereocenters. The molecule has 4 fully saturated rings. The van der Waals surface area contributed by atoms with E-state index < -0.39 is 25.0 Å². The number of nitrogens with two attached hydrogens (primary N) is 1. The number of imide groups is 1. The lowest BCUT2D eigenvalue weighted by Gasteiger charge is -2.50. The topological polar surface area (TPSA) is 112 Å². The van der Waals surface area contributed by atoms with Gasteiger partial charge in [0.05, 0.1) is 30.7 Å². The highest BCUT2D eigenvalue weighted by Gasteiger charge is 2.41. The molecule has 2 aromatic carbocycles. The van der Waals surface area contributed by atoms with Crippen LogP contribution in [0.25, 0.3) is 11.1 Å². The normalized spacial score (nSPS) is 26.9. The number of nitrogen functional groups attached to an aromatic ring is 1. The van der Waals surface area contributed by atoms with Gasteiger partial charge in [-0.2, -0.15) is 5.10 Å². The number of fused-ring (bicyclic) bond motifs is 1. The molecule has 8 rings (SSSR count). The first-order valence-corrected chi connectivity index (χ1v) is 18.0. The van der Waals surface area contributed by atoms with Gasteiger partial charge in [-0.15, -0.1) is 0 Å². The minimum absolute atomic E-state index is 0.108. The monoisotopic (exact) mass is 686 g/mol. The van der Waals surface area contributed by atoms with Gasteiger partial charge in [0.15, 0.2) is 0 Å². The summed E-state index contributed by atoms with van der Waals surface area (Å²) in [5, 5.41) is 6.73. The Morgan fingerprint density at radius 3 is 2.42 bits per heavy atom. The second-order valence-corrected chi connectivity index (χ2v) is 14.9. The fourth-order valence-corrected chi connectivity index (χ4v) is 9.04. The van der Waals surface area contributed by atoms with Crippen LogP contribution in [0.4, 0.5) is 21.5 Å². The molecule has 5 aliphatic heterocycles. The molecule has 266 valence electrons. The Kier molecular flexibility index (Phi) is 8.08. The number of ether oxygens (including phenoxy) is 1. The van der Waals surface area contributed by atoms with E-state index in [1.807, 2.05) is 30.2 Å². The Hall–Kier alpha value is -4.16. The Labute approximate surface area is 296 Å². The smallest absolute Gasteiger partial charge is 0.243 e. The average Bonchev–Trinajstić information content (AvgIpc) is 3.67. The molecule has 0 saturated carbocycles. The highest BCUT2D eigenvalue weighted by Crippen LogP contribution is 2.44. The summed E-state index contributed by atoms with van der Waals surface area (Å²) in [6, 6.07) is 6.98. The summed E-state index contributed by atoms with van der Waals surface area (Å²) in [5.74, 6) is -0.510. The van der Waals surface area contributed by atoms with E-state index in [1.165, 1.54) is 11.0 Å². The second kappa shape index (κ2) is 13.2. The van der Waals surface area contributed by atoms with Gasteiger partial charge in [-0.1, -0.05) is 0 Å². The van der Waals surface area contributed by atoms with E-state index in [0.717, 1.165) is 94.6 Å². The molecule has 50 heavy (non-hydrogen) atoms. The van der Waals surface area contributed by atoms with Crippen molar-refractivity contribution in [2.45, 2.75) is 76.5 Å². The number of hydrogen-bond acceptors (Lipinski definition) is 9. The molecule has 4 saturated heterocycles. The maximum absolute atomic E-state index is 15.9. The van der Waals surface area contributed by atoms with Crippen molar-refractivity contribution in [2.24, 2.45) is 12.5 Å². The second-order valence-electron chi connectivity index (χ2n) is 14.9. The van der Waals surface area contributed by atoms with Crippen molar-refractivity contribution in [3.63, 3.8) is 0 Å². The van der Waals surface area contributed by atoms with E-state index >= 15 is 4.39 Å². The highest BCUT2D eigenvalue weighted by atomic mass is 19.1. The maximum Gasteiger partial charge on any atom is 0.243 e. The van der Waals surface area contributed by atoms with Crippen molar-refractivity contribution in [3.05, 3.63) is 53.6 Å². The summed E-state index contributed by atoms with van der Waals surface area (Å²) in [7, 11) is 3.57. The molecule has 12 heteroatoms. The Morgan fingerprint density at radius 2 is 1.72 bits per heavy atom. The van der Waals surface area contributed by atoms with E-state index in [1.54, 1.807) is 13.2 Å². The zero-order valence-corrected chi connectivity index (χ0v) is 29.0. The SMILES string of the molecule is [2H]C1c2cc(F)c(N3CCCC4(CCN(C5CCN(c6cc(OC)c(N)cc6-c6cnn(C)c6)CC5)CC4)C3)cc2C([2H])N1C1CCC(=O)NC1=O. The minimum Gasteiger partial charge on any atom is -0.495 e. The standard InChI is InChI=1S/C38H49FN8O3/c1-43-21-27(20-41-43)29-18-31(40)35(50-2)19-33(29)45-12-6-28(7-13-45)44-14-9-38(10-15-44)8-3-11-46(24-38)34-17-26-23-47(22-25(26)16-30(34)39)32-4-5-36(48)42-37(32)49/h16-21,28,32H,3-15,22-24,40H2,1-2H3,(H,42,48,49)/i22D,23D. The molecule has 5 aliphatic rings. The van der Waals surface area contributed by atoms with Crippen molar-refractivity contribution in [2.75, 3.05) is 61.9 Å². The van der Waals surface area contributed by atoms with E-state index in [9.17, 15) is 9.59 Å². The zero-order chi connectivity index (χ0) is 36.3. The van der Waals surface area contributed by atoms with Crippen molar-refractivity contribution in [3.8, 4) is 16.9 Å². The van der Waals surface area contributed by atoms with Gasteiger partial charge in [-0.25, -0.2) is 4.39 Å². The van der Waals surface area contributed by atoms with Crippen LogP contribution in [0.1, 0.15) is 65.2 Å². The molecule has 11 nitrogen and oxygen atoms in total. The van der Waals surface area contributed by atoms with Gasteiger partial charge in [-0.05, 0) is 92.8 Å².